The highest BCUT2D eigenvalue weighted by Crippen LogP contribution is 2.51. The zero-order valence-electron chi connectivity index (χ0n) is 12.1. The van der Waals surface area contributed by atoms with Crippen LogP contribution in [0.2, 0.25) is 0 Å². The van der Waals surface area contributed by atoms with Crippen molar-refractivity contribution >= 4 is 75.7 Å². The van der Waals surface area contributed by atoms with Gasteiger partial charge in [0.05, 0.1) is 13.2 Å². The molecule has 0 spiro atoms. The first-order valence-electron chi connectivity index (χ1n) is 7.02. The quantitative estimate of drug-likeness (QED) is 0.267. The van der Waals surface area contributed by atoms with E-state index < -0.39 is 22.2 Å². The molecule has 0 bridgehead atoms. The van der Waals surface area contributed by atoms with Gasteiger partial charge in [0, 0.05) is 13.4 Å². The average molecular weight is 596 g/mol. The summed E-state index contributed by atoms with van der Waals surface area (Å²) >= 11 is 13.5. The van der Waals surface area contributed by atoms with E-state index in [1.807, 2.05) is 0 Å². The Balaban J connectivity index is 1.82. The van der Waals surface area contributed by atoms with E-state index >= 15 is 0 Å². The number of alkyl halides is 1. The minimum Gasteiger partial charge on any atom is -0.462 e. The van der Waals surface area contributed by atoms with E-state index in [-0.39, 0.29) is 25.4 Å². The predicted octanol–water partition coefficient (Wildman–Crippen LogP) is 2.91. The molecule has 132 valence electrons. The van der Waals surface area contributed by atoms with E-state index in [2.05, 4.69) is 63.7 Å². The van der Waals surface area contributed by atoms with Crippen LogP contribution < -0.4 is 0 Å². The number of carbonyl (C=O) groups excluding carboxylic acids is 2. The average Bonchev–Trinajstić information content (AvgIpc) is 3.43. The van der Waals surface area contributed by atoms with Crippen LogP contribution >= 0.6 is 63.7 Å². The molecule has 0 aromatic heterocycles. The molecule has 6 nitrogen and oxygen atoms in total. The summed E-state index contributed by atoms with van der Waals surface area (Å²) < 4.78 is 20.8. The first-order chi connectivity index (χ1) is 11.3. The number of hydrogen-bond donors (Lipinski definition) is 0. The molecule has 24 heavy (non-hydrogen) atoms. The highest BCUT2D eigenvalue weighted by atomic mass is 79.9. The van der Waals surface area contributed by atoms with Crippen molar-refractivity contribution in [3.63, 3.8) is 0 Å². The van der Waals surface area contributed by atoms with Crippen molar-refractivity contribution < 1.29 is 28.5 Å². The molecular weight excluding hydrogens is 584 g/mol. The largest absolute Gasteiger partial charge is 0.462 e. The van der Waals surface area contributed by atoms with E-state index in [0.29, 0.717) is 26.7 Å². The Bertz CT molecular complexity index is 625. The highest BCUT2D eigenvalue weighted by molar-refractivity contribution is 9.15. The second kappa shape index (κ2) is 7.48. The lowest BCUT2D eigenvalue weighted by Crippen LogP contribution is -2.48. The van der Waals surface area contributed by atoms with Crippen LogP contribution in [0.1, 0.15) is 0 Å². The van der Waals surface area contributed by atoms with Crippen LogP contribution in [0.4, 0.5) is 0 Å². The van der Waals surface area contributed by atoms with Crippen LogP contribution in [0, 0.1) is 5.92 Å². The molecule has 3 aliphatic rings. The van der Waals surface area contributed by atoms with Gasteiger partial charge in [-0.1, -0.05) is 47.8 Å². The van der Waals surface area contributed by atoms with Gasteiger partial charge in [0.2, 0.25) is 0 Å². The van der Waals surface area contributed by atoms with Crippen LogP contribution in [0.15, 0.2) is 19.5 Å². The molecule has 2 fully saturated rings. The van der Waals surface area contributed by atoms with Gasteiger partial charge in [-0.3, -0.25) is 9.59 Å². The standard InChI is InChI=1S/C14H12Br4O6/c15-8-1-9(16)14(18,13(20)24-5-7-3-22-7)10(11(8)17)12(19)23-4-6-2-21-6/h1,6-7,10H,2-5H2. The van der Waals surface area contributed by atoms with Crippen molar-refractivity contribution in [2.75, 3.05) is 26.4 Å². The number of esters is 2. The van der Waals surface area contributed by atoms with E-state index in [0.717, 1.165) is 0 Å². The summed E-state index contributed by atoms with van der Waals surface area (Å²) in [5.74, 6) is -2.10. The molecule has 0 radical (unpaired) electrons. The number of hydrogen-bond acceptors (Lipinski definition) is 6. The molecule has 2 aliphatic heterocycles. The second-order valence-electron chi connectivity index (χ2n) is 5.47. The van der Waals surface area contributed by atoms with Gasteiger partial charge >= 0.3 is 11.9 Å². The fourth-order valence-corrected chi connectivity index (χ4v) is 5.06. The molecule has 4 atom stereocenters. The maximum atomic E-state index is 12.7. The molecular formula is C14H12Br4O6. The van der Waals surface area contributed by atoms with Gasteiger partial charge in [0.15, 0.2) is 4.32 Å². The van der Waals surface area contributed by atoms with Crippen molar-refractivity contribution in [3.05, 3.63) is 19.5 Å². The summed E-state index contributed by atoms with van der Waals surface area (Å²) in [5.41, 5.74) is 0. The SMILES string of the molecule is O=C(OCC1CO1)C1C(Br)=C(Br)C=C(Br)C1(Br)C(=O)OCC1CO1. The van der Waals surface area contributed by atoms with Crippen LogP contribution in [0.25, 0.3) is 0 Å². The van der Waals surface area contributed by atoms with Gasteiger partial charge in [-0.2, -0.15) is 0 Å². The molecule has 2 heterocycles. The third-order valence-corrected chi connectivity index (χ3v) is 8.30. The Kier molecular flexibility index (Phi) is 5.93. The van der Waals surface area contributed by atoms with Gasteiger partial charge < -0.3 is 18.9 Å². The van der Waals surface area contributed by atoms with Crippen molar-refractivity contribution in [1.82, 2.24) is 0 Å². The predicted molar refractivity (Wildman–Crippen MR) is 98.4 cm³/mol. The zero-order chi connectivity index (χ0) is 17.5. The van der Waals surface area contributed by atoms with Gasteiger partial charge in [-0.25, -0.2) is 0 Å². The maximum absolute atomic E-state index is 12.7. The Morgan fingerprint density at radius 2 is 1.67 bits per heavy atom. The molecule has 0 aromatic carbocycles. The van der Waals surface area contributed by atoms with Crippen LogP contribution in [-0.2, 0) is 28.5 Å². The summed E-state index contributed by atoms with van der Waals surface area (Å²) in [7, 11) is 0. The maximum Gasteiger partial charge on any atom is 0.329 e. The summed E-state index contributed by atoms with van der Waals surface area (Å²) in [4.78, 5) is 25.3. The van der Waals surface area contributed by atoms with Crippen LogP contribution in [0.3, 0.4) is 0 Å². The minimum absolute atomic E-state index is 0.0635. The second-order valence-corrected chi connectivity index (χ2v) is 9.29. The smallest absolute Gasteiger partial charge is 0.329 e. The summed E-state index contributed by atoms with van der Waals surface area (Å²) in [5, 5.41) is 0. The fourth-order valence-electron chi connectivity index (χ4n) is 2.08. The normalized spacial score (nSPS) is 34.5. The number of rotatable bonds is 6. The summed E-state index contributed by atoms with van der Waals surface area (Å²) in [6.07, 6.45) is 1.55. The van der Waals surface area contributed by atoms with E-state index in [9.17, 15) is 9.59 Å². The molecule has 4 unspecified atom stereocenters. The summed E-state index contributed by atoms with van der Waals surface area (Å²) in [6, 6.07) is 0. The van der Waals surface area contributed by atoms with E-state index in [4.69, 9.17) is 18.9 Å². The minimum atomic E-state index is -1.42. The van der Waals surface area contributed by atoms with Crippen molar-refractivity contribution in [3.8, 4) is 0 Å². The van der Waals surface area contributed by atoms with E-state index in [1.54, 1.807) is 6.08 Å². The van der Waals surface area contributed by atoms with Gasteiger partial charge in [0.1, 0.15) is 31.3 Å². The highest BCUT2D eigenvalue weighted by Gasteiger charge is 2.55. The lowest BCUT2D eigenvalue weighted by molar-refractivity contribution is -0.155. The number of halogens is 4. The third kappa shape index (κ3) is 3.98. The van der Waals surface area contributed by atoms with Gasteiger partial charge in [0.25, 0.3) is 0 Å². The molecule has 2 saturated heterocycles. The Morgan fingerprint density at radius 3 is 2.21 bits per heavy atom. The lowest BCUT2D eigenvalue weighted by Gasteiger charge is -2.35. The molecule has 3 rings (SSSR count). The lowest BCUT2D eigenvalue weighted by atomic mass is 9.88. The van der Waals surface area contributed by atoms with Gasteiger partial charge in [-0.15, -0.1) is 0 Å². The number of allylic oxidation sites excluding steroid dienone is 2. The van der Waals surface area contributed by atoms with Crippen LogP contribution in [0.5, 0.6) is 0 Å². The van der Waals surface area contributed by atoms with E-state index in [1.165, 1.54) is 0 Å². The zero-order valence-corrected chi connectivity index (χ0v) is 18.4. The first-order valence-corrected chi connectivity index (χ1v) is 10.2. The molecule has 0 N–H and O–H groups in total. The molecule has 1 aliphatic carbocycles. The number of epoxide rings is 2. The van der Waals surface area contributed by atoms with Crippen molar-refractivity contribution in [2.45, 2.75) is 16.5 Å². The number of carbonyl (C=O) groups is 2. The topological polar surface area (TPSA) is 77.7 Å². The fraction of sp³-hybridized carbons (Fsp3) is 0.571. The molecule has 0 aromatic rings. The third-order valence-electron chi connectivity index (χ3n) is 3.63. The number of ether oxygens (including phenoxy) is 4. The Hall–Kier alpha value is 0.260. The van der Waals surface area contributed by atoms with Crippen molar-refractivity contribution in [2.24, 2.45) is 5.92 Å². The molecule has 0 saturated carbocycles. The van der Waals surface area contributed by atoms with Crippen LogP contribution in [-0.4, -0.2) is 54.9 Å². The Labute approximate surface area is 171 Å². The molecule has 10 heteroatoms. The van der Waals surface area contributed by atoms with Crippen molar-refractivity contribution in [1.29, 1.82) is 0 Å². The summed E-state index contributed by atoms with van der Waals surface area (Å²) in [6.45, 7) is 1.45. The Morgan fingerprint density at radius 1 is 1.12 bits per heavy atom. The molecule has 0 amide bonds. The monoisotopic (exact) mass is 592 g/mol. The first kappa shape index (κ1) is 19.0. The van der Waals surface area contributed by atoms with Gasteiger partial charge in [-0.05, 0) is 22.0 Å².